The van der Waals surface area contributed by atoms with Crippen molar-refractivity contribution in [3.63, 3.8) is 0 Å². The van der Waals surface area contributed by atoms with Gasteiger partial charge >= 0.3 is 5.97 Å². The predicted molar refractivity (Wildman–Crippen MR) is 105 cm³/mol. The number of hydrogen-bond acceptors (Lipinski definition) is 4. The first-order chi connectivity index (χ1) is 12.7. The summed E-state index contributed by atoms with van der Waals surface area (Å²) in [4.78, 5) is 36.9. The van der Waals surface area contributed by atoms with E-state index in [9.17, 15) is 19.5 Å². The van der Waals surface area contributed by atoms with Gasteiger partial charge in [-0.15, -0.1) is 0 Å². The molecule has 27 heavy (non-hydrogen) atoms. The summed E-state index contributed by atoms with van der Waals surface area (Å²) in [5.74, 6) is -1.96. The van der Waals surface area contributed by atoms with E-state index in [1.807, 2.05) is 0 Å². The molecule has 0 aliphatic heterocycles. The third-order valence-electron chi connectivity index (χ3n) is 3.44. The van der Waals surface area contributed by atoms with Crippen LogP contribution in [0.1, 0.15) is 10.4 Å². The molecule has 0 saturated carbocycles. The first-order valence-corrected chi connectivity index (χ1v) is 8.57. The second kappa shape index (κ2) is 9.36. The van der Waals surface area contributed by atoms with Crippen molar-refractivity contribution in [3.05, 3.63) is 58.1 Å². The first-order valence-electron chi connectivity index (χ1n) is 7.81. The van der Waals surface area contributed by atoms with Crippen LogP contribution in [-0.2, 0) is 9.59 Å². The molecule has 0 aliphatic rings. The normalized spacial score (nSPS) is 10.5. The smallest absolute Gasteiger partial charge is 0.337 e. The number of hydrogen-bond donors (Lipinski definition) is 3. The Hall–Kier alpha value is -2.61. The van der Waals surface area contributed by atoms with E-state index in [4.69, 9.17) is 23.2 Å². The molecule has 0 saturated heterocycles. The fraction of sp³-hybridized carbons (Fsp3) is 0.167. The Bertz CT molecular complexity index is 856. The van der Waals surface area contributed by atoms with E-state index in [1.54, 1.807) is 31.3 Å². The second-order valence-electron chi connectivity index (χ2n) is 5.77. The van der Waals surface area contributed by atoms with E-state index >= 15 is 0 Å². The highest BCUT2D eigenvalue weighted by atomic mass is 35.5. The molecule has 0 heterocycles. The number of benzene rings is 2. The van der Waals surface area contributed by atoms with E-state index in [1.165, 1.54) is 23.1 Å². The van der Waals surface area contributed by atoms with E-state index in [-0.39, 0.29) is 35.3 Å². The van der Waals surface area contributed by atoms with Crippen LogP contribution in [0.5, 0.6) is 0 Å². The maximum absolute atomic E-state index is 12.1. The lowest BCUT2D eigenvalue weighted by Crippen LogP contribution is -2.36. The first kappa shape index (κ1) is 20.7. The Morgan fingerprint density at radius 2 is 1.48 bits per heavy atom. The molecule has 3 N–H and O–H groups in total. The summed E-state index contributed by atoms with van der Waals surface area (Å²) in [6, 6.07) is 10.8. The number of rotatable bonds is 7. The highest BCUT2D eigenvalue weighted by molar-refractivity contribution is 6.31. The van der Waals surface area contributed by atoms with Gasteiger partial charge in [-0.3, -0.25) is 14.5 Å². The third kappa shape index (κ3) is 6.56. The maximum Gasteiger partial charge on any atom is 0.337 e. The summed E-state index contributed by atoms with van der Waals surface area (Å²) >= 11 is 11.6. The van der Waals surface area contributed by atoms with Crippen molar-refractivity contribution in [2.24, 2.45) is 0 Å². The van der Waals surface area contributed by atoms with Gasteiger partial charge in [0, 0.05) is 15.7 Å². The number of aromatic carboxylic acids is 1. The lowest BCUT2D eigenvalue weighted by molar-refractivity contribution is -0.119. The van der Waals surface area contributed by atoms with Crippen LogP contribution in [0.2, 0.25) is 10.0 Å². The highest BCUT2D eigenvalue weighted by Crippen LogP contribution is 2.20. The topological polar surface area (TPSA) is 98.7 Å². The third-order valence-corrected chi connectivity index (χ3v) is 3.93. The molecule has 0 aliphatic carbocycles. The van der Waals surface area contributed by atoms with Gasteiger partial charge < -0.3 is 15.7 Å². The second-order valence-corrected chi connectivity index (χ2v) is 6.64. The number of carboxylic acid groups (broad SMARTS) is 1. The van der Waals surface area contributed by atoms with Crippen molar-refractivity contribution in [1.29, 1.82) is 0 Å². The van der Waals surface area contributed by atoms with Crippen LogP contribution in [0.3, 0.4) is 0 Å². The van der Waals surface area contributed by atoms with Gasteiger partial charge in [0.05, 0.1) is 24.3 Å². The molecule has 7 nitrogen and oxygen atoms in total. The number of nitrogens with zero attached hydrogens (tertiary/aromatic N) is 1. The van der Waals surface area contributed by atoms with E-state index in [0.717, 1.165) is 0 Å². The highest BCUT2D eigenvalue weighted by Gasteiger charge is 2.15. The molecule has 0 radical (unpaired) electrons. The quantitative estimate of drug-likeness (QED) is 0.651. The molecule has 0 bridgehead atoms. The van der Waals surface area contributed by atoms with Crippen LogP contribution in [0.15, 0.2) is 42.5 Å². The molecular formula is C18H17Cl2N3O4. The van der Waals surface area contributed by atoms with Crippen LogP contribution >= 0.6 is 23.2 Å². The van der Waals surface area contributed by atoms with Crippen molar-refractivity contribution in [1.82, 2.24) is 4.90 Å². The Kier molecular flexibility index (Phi) is 7.18. The number of nitrogens with one attached hydrogen (secondary N) is 2. The lowest BCUT2D eigenvalue weighted by Gasteiger charge is -2.16. The standard InChI is InChI=1S/C18H17Cl2N3O4/c1-23(9-16(24)21-13-5-2-11(19)3-6-13)10-17(25)22-15-7-4-12(20)8-14(15)18(26)27/h2-8H,9-10H2,1H3,(H,21,24)(H,22,25)(H,26,27). The molecular weight excluding hydrogens is 393 g/mol. The fourth-order valence-electron chi connectivity index (χ4n) is 2.27. The number of halogens is 2. The van der Waals surface area contributed by atoms with Gasteiger partial charge in [-0.05, 0) is 49.5 Å². The molecule has 0 spiro atoms. The minimum Gasteiger partial charge on any atom is -0.478 e. The molecule has 9 heteroatoms. The van der Waals surface area contributed by atoms with E-state index in [0.29, 0.717) is 10.7 Å². The van der Waals surface area contributed by atoms with E-state index < -0.39 is 11.9 Å². The minimum atomic E-state index is -1.21. The fourth-order valence-corrected chi connectivity index (χ4v) is 2.57. The Morgan fingerprint density at radius 1 is 0.926 bits per heavy atom. The molecule has 2 aromatic rings. The Labute approximate surface area is 165 Å². The van der Waals surface area contributed by atoms with Crippen molar-refractivity contribution in [2.45, 2.75) is 0 Å². The number of anilines is 2. The van der Waals surface area contributed by atoms with Crippen molar-refractivity contribution >= 4 is 52.4 Å². The van der Waals surface area contributed by atoms with Gasteiger partial charge in [0.1, 0.15) is 0 Å². The zero-order valence-corrected chi connectivity index (χ0v) is 15.8. The number of carbonyl (C=O) groups excluding carboxylic acids is 2. The summed E-state index contributed by atoms with van der Waals surface area (Å²) in [6.45, 7) is -0.127. The molecule has 0 unspecified atom stereocenters. The zero-order chi connectivity index (χ0) is 20.0. The molecule has 2 rings (SSSR count). The number of likely N-dealkylation sites (N-methyl/N-ethyl adjacent to an activating group) is 1. The molecule has 0 atom stereocenters. The number of carbonyl (C=O) groups is 3. The van der Waals surface area contributed by atoms with Crippen molar-refractivity contribution < 1.29 is 19.5 Å². The summed E-state index contributed by atoms with van der Waals surface area (Å²) in [5.41, 5.74) is 0.615. The minimum absolute atomic E-state index is 0.0253. The van der Waals surface area contributed by atoms with Gasteiger partial charge in [-0.1, -0.05) is 23.2 Å². The maximum atomic E-state index is 12.1. The van der Waals surface area contributed by atoms with Gasteiger partial charge in [-0.25, -0.2) is 4.79 Å². The SMILES string of the molecule is CN(CC(=O)Nc1ccc(Cl)cc1)CC(=O)Nc1ccc(Cl)cc1C(=O)O. The van der Waals surface area contributed by atoms with Gasteiger partial charge in [0.25, 0.3) is 0 Å². The van der Waals surface area contributed by atoms with E-state index in [2.05, 4.69) is 10.6 Å². The number of amides is 2. The summed E-state index contributed by atoms with van der Waals surface area (Å²) in [7, 11) is 1.60. The molecule has 0 aromatic heterocycles. The molecule has 0 fully saturated rings. The average molecular weight is 410 g/mol. The van der Waals surface area contributed by atoms with Crippen LogP contribution in [-0.4, -0.2) is 47.9 Å². The molecule has 2 aromatic carbocycles. The van der Waals surface area contributed by atoms with Gasteiger partial charge in [-0.2, -0.15) is 0 Å². The molecule has 2 amide bonds. The zero-order valence-electron chi connectivity index (χ0n) is 14.3. The van der Waals surface area contributed by atoms with Crippen LogP contribution in [0.4, 0.5) is 11.4 Å². The van der Waals surface area contributed by atoms with Crippen LogP contribution in [0, 0.1) is 0 Å². The van der Waals surface area contributed by atoms with Crippen molar-refractivity contribution in [2.75, 3.05) is 30.8 Å². The van der Waals surface area contributed by atoms with Gasteiger partial charge in [0.2, 0.25) is 11.8 Å². The van der Waals surface area contributed by atoms with Crippen LogP contribution in [0.25, 0.3) is 0 Å². The summed E-state index contributed by atoms with van der Waals surface area (Å²) in [5, 5.41) is 15.2. The summed E-state index contributed by atoms with van der Waals surface area (Å²) < 4.78 is 0. The monoisotopic (exact) mass is 409 g/mol. The summed E-state index contributed by atoms with van der Waals surface area (Å²) in [6.07, 6.45) is 0. The molecule has 142 valence electrons. The lowest BCUT2D eigenvalue weighted by atomic mass is 10.2. The predicted octanol–water partition coefficient (Wildman–Crippen LogP) is 3.20. The Balaban J connectivity index is 1.89. The number of carboxylic acids is 1. The average Bonchev–Trinajstić information content (AvgIpc) is 2.58. The van der Waals surface area contributed by atoms with Crippen LogP contribution < -0.4 is 10.6 Å². The van der Waals surface area contributed by atoms with Crippen molar-refractivity contribution in [3.8, 4) is 0 Å². The Morgan fingerprint density at radius 3 is 2.07 bits per heavy atom. The largest absolute Gasteiger partial charge is 0.478 e. The van der Waals surface area contributed by atoms with Gasteiger partial charge in [0.15, 0.2) is 0 Å².